The van der Waals surface area contributed by atoms with Crippen molar-refractivity contribution in [1.82, 2.24) is 0 Å². The van der Waals surface area contributed by atoms with Gasteiger partial charge >= 0.3 is 16.1 Å². The van der Waals surface area contributed by atoms with Crippen LogP contribution in [-0.4, -0.2) is 25.3 Å². The van der Waals surface area contributed by atoms with Gasteiger partial charge in [-0.1, -0.05) is 42.5 Å². The van der Waals surface area contributed by atoms with E-state index in [1.165, 1.54) is 36.4 Å². The van der Waals surface area contributed by atoms with Crippen LogP contribution in [0.2, 0.25) is 0 Å². The van der Waals surface area contributed by atoms with Gasteiger partial charge in [-0.3, -0.25) is 4.79 Å². The lowest BCUT2D eigenvalue weighted by molar-refractivity contribution is -0.123. The molecule has 0 bridgehead atoms. The third-order valence-corrected chi connectivity index (χ3v) is 4.31. The molecule has 1 aliphatic rings. The van der Waals surface area contributed by atoms with Gasteiger partial charge in [0.1, 0.15) is 5.70 Å². The second kappa shape index (κ2) is 7.12. The van der Waals surface area contributed by atoms with E-state index in [4.69, 9.17) is 20.2 Å². The zero-order valence-corrected chi connectivity index (χ0v) is 14.4. The summed E-state index contributed by atoms with van der Waals surface area (Å²) in [4.78, 5) is 24.1. The number of ether oxygens (including phenoxy) is 1. The van der Waals surface area contributed by atoms with E-state index >= 15 is 0 Å². The van der Waals surface area contributed by atoms with Gasteiger partial charge < -0.3 is 19.8 Å². The minimum absolute atomic E-state index is 0.0381. The maximum Gasteiger partial charge on any atom is 0.335 e. The zero-order chi connectivity index (χ0) is 23.0. The summed E-state index contributed by atoms with van der Waals surface area (Å²) in [7, 11) is -5.09. The van der Waals surface area contributed by atoms with Crippen molar-refractivity contribution in [2.45, 2.75) is 11.8 Å². The van der Waals surface area contributed by atoms with Gasteiger partial charge in [0.05, 0.1) is 9.68 Å². The molecule has 0 aliphatic carbocycles. The molecule has 0 saturated carbocycles. The molecule has 3 N–H and O–H groups in total. The van der Waals surface area contributed by atoms with Gasteiger partial charge in [0, 0.05) is 5.56 Å². The first-order valence-corrected chi connectivity index (χ1v) is 8.86. The van der Waals surface area contributed by atoms with Crippen molar-refractivity contribution < 1.29 is 36.1 Å². The molecule has 0 fully saturated rings. The van der Waals surface area contributed by atoms with Crippen molar-refractivity contribution in [2.75, 3.05) is 0 Å². The Hall–Kier alpha value is -3.33. The third kappa shape index (κ3) is 4.09. The Kier molecular flexibility index (Phi) is 3.64. The second-order valence-electron chi connectivity index (χ2n) is 5.32. The Balaban J connectivity index is 1.90. The summed E-state index contributed by atoms with van der Waals surface area (Å²) in [5, 5.41) is 3.82. The maximum absolute atomic E-state index is 12.8. The average Bonchev–Trinajstić information content (AvgIpc) is 2.97. The van der Waals surface area contributed by atoms with Crippen LogP contribution in [0.25, 0.3) is 1.43 Å². The van der Waals surface area contributed by atoms with Crippen molar-refractivity contribution >= 4 is 21.9 Å². The largest absolute Gasteiger partial charge is 0.478 e. The summed E-state index contributed by atoms with van der Waals surface area (Å²) in [6.07, 6.45) is -2.53. The standard InChI is InChI=1S/C18H15NO7S/c19-17-16(26-27(23,24)10-11-4-2-1-3-5-11)14(20)15(25-17)12-6-8-13(9-7-12)18(21)22/h1-9,15H,10,19H2,(H,21,22)/i10D2,15D/hD. The van der Waals surface area contributed by atoms with E-state index in [0.717, 1.165) is 12.1 Å². The summed E-state index contributed by atoms with van der Waals surface area (Å²) in [6.45, 7) is 0. The van der Waals surface area contributed by atoms with Gasteiger partial charge in [-0.05, 0) is 17.7 Å². The number of benzene rings is 2. The molecule has 2 aromatic rings. The third-order valence-electron chi connectivity index (χ3n) is 3.44. The van der Waals surface area contributed by atoms with Gasteiger partial charge in [-0.25, -0.2) is 4.79 Å². The predicted molar refractivity (Wildman–Crippen MR) is 93.6 cm³/mol. The molecule has 0 spiro atoms. The van der Waals surface area contributed by atoms with Gasteiger partial charge in [0.25, 0.3) is 1.43 Å². The van der Waals surface area contributed by atoms with Crippen molar-refractivity contribution in [3.63, 3.8) is 0 Å². The number of aromatic carboxylic acids is 1. The van der Waals surface area contributed by atoms with Crippen molar-refractivity contribution in [2.24, 2.45) is 5.73 Å². The highest BCUT2D eigenvalue weighted by Crippen LogP contribution is 2.32. The predicted octanol–water partition coefficient (Wildman–Crippen LogP) is 1.70. The Morgan fingerprint density at radius 2 is 1.93 bits per heavy atom. The smallest absolute Gasteiger partial charge is 0.335 e. The molecular weight excluding hydrogens is 374 g/mol. The van der Waals surface area contributed by atoms with Gasteiger partial charge in [-0.15, -0.1) is 0 Å². The lowest BCUT2D eigenvalue weighted by atomic mass is 10.0. The van der Waals surface area contributed by atoms with E-state index in [1.807, 2.05) is 0 Å². The van der Waals surface area contributed by atoms with Crippen molar-refractivity contribution in [3.05, 3.63) is 82.9 Å². The maximum atomic E-state index is 12.8. The van der Waals surface area contributed by atoms with E-state index in [2.05, 4.69) is 5.11 Å². The molecule has 1 unspecified atom stereocenters. The molecule has 0 radical (unpaired) electrons. The molecule has 9 heteroatoms. The lowest BCUT2D eigenvalue weighted by Crippen LogP contribution is -2.16. The van der Waals surface area contributed by atoms with Crippen LogP contribution in [0.1, 0.15) is 31.7 Å². The Morgan fingerprint density at radius 3 is 2.56 bits per heavy atom. The fourth-order valence-electron chi connectivity index (χ4n) is 2.23. The second-order valence-corrected chi connectivity index (χ2v) is 6.60. The number of carboxylic acid groups (broad SMARTS) is 1. The number of Topliss-reactive ketones (excluding diaryl/α,β-unsaturated/α-hetero) is 1. The number of carbonyl (C=O) groups excluding carboxylic acids is 1. The summed E-state index contributed by atoms with van der Waals surface area (Å²) >= 11 is 0. The molecule has 0 aromatic heterocycles. The molecule has 1 aliphatic heterocycles. The van der Waals surface area contributed by atoms with Crippen molar-refractivity contribution in [3.8, 4) is 0 Å². The molecule has 0 saturated heterocycles. The molecule has 8 nitrogen and oxygen atoms in total. The van der Waals surface area contributed by atoms with Crippen LogP contribution in [0.15, 0.2) is 66.2 Å². The first-order chi connectivity index (χ1) is 14.4. The number of nitrogens with two attached hydrogens (primary N) is 1. The minimum atomic E-state index is -5.09. The van der Waals surface area contributed by atoms with E-state index in [-0.39, 0.29) is 16.7 Å². The molecule has 27 heavy (non-hydrogen) atoms. The first-order valence-electron chi connectivity index (χ1n) is 9.36. The molecule has 0 amide bonds. The van der Waals surface area contributed by atoms with Crippen LogP contribution in [0, 0.1) is 0 Å². The van der Waals surface area contributed by atoms with E-state index in [1.54, 1.807) is 6.07 Å². The highest BCUT2D eigenvalue weighted by Gasteiger charge is 2.39. The lowest BCUT2D eigenvalue weighted by Gasteiger charge is -2.10. The number of hydrogen-bond acceptors (Lipinski definition) is 8. The molecule has 1 heterocycles. The molecular formula is C18H15NO7S. The minimum Gasteiger partial charge on any atom is -0.478 e. The Labute approximate surface area is 160 Å². The monoisotopic (exact) mass is 393 g/mol. The number of carbonyl (C=O) groups is 2. The Morgan fingerprint density at radius 1 is 1.26 bits per heavy atom. The summed E-state index contributed by atoms with van der Waals surface area (Å²) < 4.78 is 65.7. The van der Waals surface area contributed by atoms with Crippen LogP contribution in [0.5, 0.6) is 0 Å². The van der Waals surface area contributed by atoms with Crippen LogP contribution >= 0.6 is 0 Å². The van der Waals surface area contributed by atoms with E-state index in [0.29, 0.717) is 0 Å². The normalized spacial score (nSPS) is 22.1. The first kappa shape index (κ1) is 13.8. The number of rotatable bonds is 6. The molecule has 140 valence electrons. The van der Waals surface area contributed by atoms with E-state index in [9.17, 15) is 18.0 Å². The SMILES string of the molecule is [2H]OC(=O)c1ccc(C2([2H])OC(N)=C(OS(=O)(=O)C([2H])([2H])c3ccccc3)C2=O)cc1. The summed E-state index contributed by atoms with van der Waals surface area (Å²) in [5.74, 6) is -4.11. The number of ketones is 1. The van der Waals surface area contributed by atoms with Crippen LogP contribution in [0.4, 0.5) is 0 Å². The average molecular weight is 393 g/mol. The van der Waals surface area contributed by atoms with Crippen LogP contribution < -0.4 is 5.73 Å². The molecule has 3 rings (SSSR count). The highest BCUT2D eigenvalue weighted by atomic mass is 32.2. The zero-order valence-electron chi connectivity index (χ0n) is 17.5. The van der Waals surface area contributed by atoms with E-state index < -0.39 is 45.3 Å². The summed E-state index contributed by atoms with van der Waals surface area (Å²) in [5.41, 5.74) is 2.14. The number of carboxylic acids is 1. The van der Waals surface area contributed by atoms with Gasteiger partial charge in [0.15, 0.2) is 6.08 Å². The van der Waals surface area contributed by atoms with Crippen LogP contribution in [-0.2, 0) is 29.5 Å². The van der Waals surface area contributed by atoms with Crippen LogP contribution in [0.3, 0.4) is 0 Å². The highest BCUT2D eigenvalue weighted by molar-refractivity contribution is 7.86. The fraction of sp³-hybridized carbons (Fsp3) is 0.111. The topological polar surface area (TPSA) is 133 Å². The fourth-order valence-corrected chi connectivity index (χ4v) is 3.07. The van der Waals surface area contributed by atoms with Gasteiger partial charge in [0.2, 0.25) is 17.4 Å². The van der Waals surface area contributed by atoms with Gasteiger partial charge in [-0.2, -0.15) is 8.42 Å². The molecule has 1 atom stereocenters. The quantitative estimate of drug-likeness (QED) is 0.709. The number of hydrogen-bond donors (Lipinski definition) is 2. The Bertz CT molecular complexity index is 1170. The molecule has 2 aromatic carbocycles. The summed E-state index contributed by atoms with van der Waals surface area (Å²) in [6, 6.07) is 11.5. The van der Waals surface area contributed by atoms with Crippen molar-refractivity contribution in [1.29, 1.82) is 1.43 Å².